The molecule has 19 heavy (non-hydrogen) atoms. The third-order valence-electron chi connectivity index (χ3n) is 3.11. The van der Waals surface area contributed by atoms with Crippen LogP contribution < -0.4 is 5.73 Å². The smallest absolute Gasteiger partial charge is 0.327 e. The van der Waals surface area contributed by atoms with Crippen LogP contribution in [-0.4, -0.2) is 67.4 Å². The molecule has 0 amide bonds. The number of carbonyl (C=O) groups is 1. The Labute approximate surface area is 120 Å². The molecule has 6 heteroatoms. The zero-order chi connectivity index (χ0) is 14.3. The van der Waals surface area contributed by atoms with Gasteiger partial charge in [-0.3, -0.25) is 4.90 Å². The quantitative estimate of drug-likeness (QED) is 0.697. The lowest BCUT2D eigenvalue weighted by atomic mass is 9.96. The predicted octanol–water partition coefficient (Wildman–Crippen LogP) is 0.721. The number of ether oxygens (including phenoxy) is 2. The summed E-state index contributed by atoms with van der Waals surface area (Å²) in [5.74, 6) is 0.566. The van der Waals surface area contributed by atoms with E-state index in [4.69, 9.17) is 15.2 Å². The van der Waals surface area contributed by atoms with E-state index < -0.39 is 5.54 Å². The van der Waals surface area contributed by atoms with Crippen LogP contribution in [0.25, 0.3) is 0 Å². The van der Waals surface area contributed by atoms with Crippen LogP contribution in [0.15, 0.2) is 0 Å². The van der Waals surface area contributed by atoms with E-state index in [1.807, 2.05) is 20.1 Å². The van der Waals surface area contributed by atoms with Gasteiger partial charge >= 0.3 is 5.97 Å². The van der Waals surface area contributed by atoms with Gasteiger partial charge in [-0.25, -0.2) is 4.79 Å². The highest BCUT2D eigenvalue weighted by atomic mass is 32.2. The van der Waals surface area contributed by atoms with Crippen LogP contribution >= 0.6 is 11.8 Å². The summed E-state index contributed by atoms with van der Waals surface area (Å²) < 4.78 is 10.6. The highest BCUT2D eigenvalue weighted by Crippen LogP contribution is 2.17. The molecule has 1 saturated heterocycles. The van der Waals surface area contributed by atoms with Crippen molar-refractivity contribution in [2.24, 2.45) is 5.73 Å². The molecule has 1 aliphatic heterocycles. The Morgan fingerprint density at radius 3 is 2.63 bits per heavy atom. The summed E-state index contributed by atoms with van der Waals surface area (Å²) in [7, 11) is 0. The van der Waals surface area contributed by atoms with E-state index in [2.05, 4.69) is 4.90 Å². The van der Waals surface area contributed by atoms with Crippen molar-refractivity contribution in [3.63, 3.8) is 0 Å². The lowest BCUT2D eigenvalue weighted by molar-refractivity contribution is -0.155. The molecular weight excluding hydrogens is 264 g/mol. The van der Waals surface area contributed by atoms with Gasteiger partial charge in [0.25, 0.3) is 0 Å². The van der Waals surface area contributed by atoms with E-state index in [0.717, 1.165) is 18.8 Å². The van der Waals surface area contributed by atoms with E-state index >= 15 is 0 Å². The summed E-state index contributed by atoms with van der Waals surface area (Å²) in [6.45, 7) is 7.31. The zero-order valence-electron chi connectivity index (χ0n) is 12.2. The van der Waals surface area contributed by atoms with Crippen LogP contribution in [-0.2, 0) is 14.3 Å². The Kier molecular flexibility index (Phi) is 7.13. The highest BCUT2D eigenvalue weighted by molar-refractivity contribution is 7.98. The molecule has 0 saturated carbocycles. The van der Waals surface area contributed by atoms with Crippen molar-refractivity contribution in [2.45, 2.75) is 31.9 Å². The molecule has 1 atom stereocenters. The fraction of sp³-hybridized carbons (Fsp3) is 0.923. The minimum Gasteiger partial charge on any atom is -0.462 e. The number of carbonyl (C=O) groups excluding carboxylic acids is 1. The molecule has 0 unspecified atom stereocenters. The number of nitrogens with zero attached hydrogens (tertiary/aromatic N) is 1. The van der Waals surface area contributed by atoms with Gasteiger partial charge in [0.1, 0.15) is 5.54 Å². The third kappa shape index (κ3) is 5.69. The summed E-state index contributed by atoms with van der Waals surface area (Å²) in [6, 6.07) is 0. The number of rotatable bonds is 7. The molecule has 1 fully saturated rings. The Hall–Kier alpha value is -0.300. The molecule has 2 N–H and O–H groups in total. The largest absolute Gasteiger partial charge is 0.462 e. The van der Waals surface area contributed by atoms with Crippen LogP contribution in [0.2, 0.25) is 0 Å². The topological polar surface area (TPSA) is 64.8 Å². The SMILES string of the molecule is CSCC[C@@](N)(CN1CCOCC1)C(=O)OC(C)C. The van der Waals surface area contributed by atoms with Crippen LogP contribution in [0.3, 0.4) is 0 Å². The molecule has 0 aromatic rings. The predicted molar refractivity (Wildman–Crippen MR) is 78.4 cm³/mol. The van der Waals surface area contributed by atoms with Gasteiger partial charge in [-0.1, -0.05) is 0 Å². The first-order valence-corrected chi connectivity index (χ1v) is 8.16. The second kappa shape index (κ2) is 8.09. The minimum atomic E-state index is -0.912. The number of hydrogen-bond acceptors (Lipinski definition) is 6. The molecule has 0 radical (unpaired) electrons. The molecule has 1 aliphatic rings. The maximum Gasteiger partial charge on any atom is 0.327 e. The summed E-state index contributed by atoms with van der Waals surface area (Å²) in [5.41, 5.74) is 5.42. The summed E-state index contributed by atoms with van der Waals surface area (Å²) >= 11 is 1.70. The first kappa shape index (κ1) is 16.8. The van der Waals surface area contributed by atoms with E-state index in [9.17, 15) is 4.79 Å². The first-order valence-electron chi connectivity index (χ1n) is 6.77. The summed E-state index contributed by atoms with van der Waals surface area (Å²) in [4.78, 5) is 14.4. The van der Waals surface area contributed by atoms with Gasteiger partial charge in [-0.2, -0.15) is 11.8 Å². The van der Waals surface area contributed by atoms with Crippen molar-refractivity contribution in [1.82, 2.24) is 4.90 Å². The number of esters is 1. The summed E-state index contributed by atoms with van der Waals surface area (Å²) in [6.07, 6.45) is 2.52. The van der Waals surface area contributed by atoms with Crippen LogP contribution in [0.5, 0.6) is 0 Å². The molecule has 0 bridgehead atoms. The second-order valence-corrected chi connectivity index (χ2v) is 6.23. The number of hydrogen-bond donors (Lipinski definition) is 1. The molecule has 0 aromatic carbocycles. The maximum atomic E-state index is 12.2. The van der Waals surface area contributed by atoms with Crippen molar-refractivity contribution < 1.29 is 14.3 Å². The van der Waals surface area contributed by atoms with Gasteiger partial charge in [0.2, 0.25) is 0 Å². The van der Waals surface area contributed by atoms with Crippen LogP contribution in [0, 0.1) is 0 Å². The normalized spacial score (nSPS) is 20.3. The second-order valence-electron chi connectivity index (χ2n) is 5.24. The molecule has 0 spiro atoms. The fourth-order valence-corrected chi connectivity index (χ4v) is 2.59. The lowest BCUT2D eigenvalue weighted by Crippen LogP contribution is -2.59. The first-order chi connectivity index (χ1) is 8.98. The molecule has 5 nitrogen and oxygen atoms in total. The fourth-order valence-electron chi connectivity index (χ4n) is 2.02. The molecule has 0 aromatic heterocycles. The average molecular weight is 290 g/mol. The summed E-state index contributed by atoms with van der Waals surface area (Å²) in [5, 5.41) is 0. The van der Waals surface area contributed by atoms with E-state index in [0.29, 0.717) is 26.2 Å². The molecule has 112 valence electrons. The highest BCUT2D eigenvalue weighted by Gasteiger charge is 2.37. The van der Waals surface area contributed by atoms with E-state index in [-0.39, 0.29) is 12.1 Å². The Bertz CT molecular complexity index is 283. The van der Waals surface area contributed by atoms with Gasteiger partial charge in [0.05, 0.1) is 19.3 Å². The lowest BCUT2D eigenvalue weighted by Gasteiger charge is -2.35. The standard InChI is InChI=1S/C13H26N2O3S/c1-11(2)18-12(16)13(14,4-9-19-3)10-15-5-7-17-8-6-15/h11H,4-10,14H2,1-3H3/t13-/m1/s1. The van der Waals surface area contributed by atoms with Crippen LogP contribution in [0.4, 0.5) is 0 Å². The molecule has 1 rings (SSSR count). The van der Waals surface area contributed by atoms with Gasteiger partial charge in [-0.05, 0) is 32.3 Å². The maximum absolute atomic E-state index is 12.2. The van der Waals surface area contributed by atoms with Crippen molar-refractivity contribution in [2.75, 3.05) is 44.9 Å². The Morgan fingerprint density at radius 1 is 1.47 bits per heavy atom. The third-order valence-corrected chi connectivity index (χ3v) is 3.72. The number of morpholine rings is 1. The number of thioether (sulfide) groups is 1. The van der Waals surface area contributed by atoms with Gasteiger partial charge in [0, 0.05) is 19.6 Å². The zero-order valence-corrected chi connectivity index (χ0v) is 13.0. The van der Waals surface area contributed by atoms with Crippen molar-refractivity contribution in [3.05, 3.63) is 0 Å². The van der Waals surface area contributed by atoms with E-state index in [1.54, 1.807) is 11.8 Å². The van der Waals surface area contributed by atoms with Crippen molar-refractivity contribution >= 4 is 17.7 Å². The Morgan fingerprint density at radius 2 is 2.11 bits per heavy atom. The average Bonchev–Trinajstić information content (AvgIpc) is 2.37. The number of nitrogens with two attached hydrogens (primary N) is 1. The molecular formula is C13H26N2O3S. The van der Waals surface area contributed by atoms with Gasteiger partial charge in [-0.15, -0.1) is 0 Å². The monoisotopic (exact) mass is 290 g/mol. The van der Waals surface area contributed by atoms with Crippen molar-refractivity contribution in [3.8, 4) is 0 Å². The molecule has 0 aliphatic carbocycles. The van der Waals surface area contributed by atoms with Gasteiger partial charge in [0.15, 0.2) is 0 Å². The molecule has 1 heterocycles. The van der Waals surface area contributed by atoms with Crippen LogP contribution in [0.1, 0.15) is 20.3 Å². The minimum absolute atomic E-state index is 0.130. The van der Waals surface area contributed by atoms with E-state index in [1.165, 1.54) is 0 Å². The Balaban J connectivity index is 2.64. The van der Waals surface area contributed by atoms with Crippen molar-refractivity contribution in [1.29, 1.82) is 0 Å². The van der Waals surface area contributed by atoms with Gasteiger partial charge < -0.3 is 15.2 Å².